The molecule has 0 aliphatic rings. The van der Waals surface area contributed by atoms with Gasteiger partial charge >= 0.3 is 0 Å². The largest absolute Gasteiger partial charge is 0.254 e. The molecular weight excluding hydrogens is 308 g/mol. The average molecular weight is 317 g/mol. The number of aromatic nitrogens is 4. The second kappa shape index (κ2) is 4.57. The minimum atomic E-state index is 0.597. The van der Waals surface area contributed by atoms with Crippen molar-refractivity contribution in [2.75, 3.05) is 0 Å². The van der Waals surface area contributed by atoms with E-state index in [1.165, 1.54) is 0 Å². The first-order valence-corrected chi connectivity index (χ1v) is 7.58. The first kappa shape index (κ1) is 12.7. The molecule has 3 aromatic heterocycles. The van der Waals surface area contributed by atoms with E-state index in [4.69, 9.17) is 21.6 Å². The van der Waals surface area contributed by atoms with Gasteiger partial charge in [-0.1, -0.05) is 17.7 Å². The summed E-state index contributed by atoms with van der Waals surface area (Å²) < 4.78 is 0. The third kappa shape index (κ3) is 1.72. The molecule has 0 bridgehead atoms. The number of benzene rings is 2. The Hall–Kier alpha value is -2.85. The summed E-state index contributed by atoms with van der Waals surface area (Å²) in [6.45, 7) is 0. The zero-order valence-corrected chi connectivity index (χ0v) is 12.6. The van der Waals surface area contributed by atoms with E-state index in [-0.39, 0.29) is 0 Å². The van der Waals surface area contributed by atoms with Crippen molar-refractivity contribution in [2.45, 2.75) is 0 Å². The molecule has 0 aliphatic carbocycles. The second-order valence-corrected chi connectivity index (χ2v) is 5.73. The maximum Gasteiger partial charge on any atom is 0.108 e. The Morgan fingerprint density at radius 3 is 1.96 bits per heavy atom. The number of rotatable bonds is 0. The van der Waals surface area contributed by atoms with E-state index in [9.17, 15) is 0 Å². The molecule has 0 saturated heterocycles. The van der Waals surface area contributed by atoms with E-state index < -0.39 is 0 Å². The van der Waals surface area contributed by atoms with Crippen molar-refractivity contribution in [3.8, 4) is 0 Å². The number of nitrogens with zero attached hydrogens (tertiary/aromatic N) is 4. The SMILES string of the molecule is Clc1cccc2nc3c4cccnc4c4ncccc4c3nc12. The van der Waals surface area contributed by atoms with Crippen molar-refractivity contribution in [2.24, 2.45) is 0 Å². The summed E-state index contributed by atoms with van der Waals surface area (Å²) in [5.41, 5.74) is 4.77. The maximum absolute atomic E-state index is 6.30. The molecule has 3 heterocycles. The van der Waals surface area contributed by atoms with Crippen molar-refractivity contribution < 1.29 is 0 Å². The van der Waals surface area contributed by atoms with Gasteiger partial charge in [-0.15, -0.1) is 0 Å². The standard InChI is InChI=1S/C18H9ClN4/c19-12-6-1-7-13-18(12)23-17-11-5-3-9-21-15(11)14-10(16(17)22-13)4-2-8-20-14/h1-9H. The highest BCUT2D eigenvalue weighted by molar-refractivity contribution is 6.35. The van der Waals surface area contributed by atoms with Gasteiger partial charge in [-0.25, -0.2) is 9.97 Å². The average Bonchev–Trinajstić information content (AvgIpc) is 2.61. The quantitative estimate of drug-likeness (QED) is 0.311. The zero-order chi connectivity index (χ0) is 15.4. The molecule has 0 radical (unpaired) electrons. The lowest BCUT2D eigenvalue weighted by atomic mass is 10.1. The van der Waals surface area contributed by atoms with Crippen LogP contribution in [0.2, 0.25) is 5.02 Å². The summed E-state index contributed by atoms with van der Waals surface area (Å²) in [5, 5.41) is 2.48. The van der Waals surface area contributed by atoms with Gasteiger partial charge in [0.05, 0.1) is 32.6 Å². The Labute approximate surface area is 135 Å². The highest BCUT2D eigenvalue weighted by atomic mass is 35.5. The summed E-state index contributed by atoms with van der Waals surface area (Å²) in [7, 11) is 0. The molecule has 4 nitrogen and oxygen atoms in total. The van der Waals surface area contributed by atoms with Crippen LogP contribution in [0.3, 0.4) is 0 Å². The minimum Gasteiger partial charge on any atom is -0.254 e. The normalized spacial score (nSPS) is 11.7. The van der Waals surface area contributed by atoms with Crippen LogP contribution in [0.25, 0.3) is 43.9 Å². The van der Waals surface area contributed by atoms with Gasteiger partial charge in [0.1, 0.15) is 5.52 Å². The summed E-state index contributed by atoms with van der Waals surface area (Å²) in [6, 6.07) is 13.4. The summed E-state index contributed by atoms with van der Waals surface area (Å²) in [6.07, 6.45) is 3.54. The van der Waals surface area contributed by atoms with Gasteiger partial charge in [-0.05, 0) is 36.4 Å². The fourth-order valence-corrected chi connectivity index (χ4v) is 3.20. The van der Waals surface area contributed by atoms with Crippen LogP contribution >= 0.6 is 11.6 Å². The van der Waals surface area contributed by atoms with Gasteiger partial charge in [0, 0.05) is 23.2 Å². The van der Waals surface area contributed by atoms with Crippen LogP contribution in [-0.2, 0) is 0 Å². The summed E-state index contributed by atoms with van der Waals surface area (Å²) in [4.78, 5) is 18.6. The molecule has 5 heteroatoms. The van der Waals surface area contributed by atoms with Gasteiger partial charge in [0.15, 0.2) is 0 Å². The van der Waals surface area contributed by atoms with Crippen LogP contribution in [-0.4, -0.2) is 19.9 Å². The second-order valence-electron chi connectivity index (χ2n) is 5.33. The molecule has 5 aromatic rings. The Kier molecular flexibility index (Phi) is 2.52. The van der Waals surface area contributed by atoms with E-state index in [0.29, 0.717) is 10.5 Å². The first-order chi connectivity index (χ1) is 11.3. The molecule has 0 fully saturated rings. The van der Waals surface area contributed by atoms with E-state index in [1.807, 2.05) is 42.5 Å². The molecule has 23 heavy (non-hydrogen) atoms. The number of fused-ring (bicyclic) bond motifs is 7. The predicted octanol–water partition coefficient (Wildman–Crippen LogP) is 4.53. The van der Waals surface area contributed by atoms with E-state index in [2.05, 4.69) is 9.97 Å². The molecule has 108 valence electrons. The molecule has 0 N–H and O–H groups in total. The van der Waals surface area contributed by atoms with Crippen molar-refractivity contribution in [3.05, 3.63) is 59.9 Å². The molecule has 0 spiro atoms. The molecule has 0 aliphatic heterocycles. The Bertz CT molecular complexity index is 1230. The van der Waals surface area contributed by atoms with Gasteiger partial charge in [-0.3, -0.25) is 9.97 Å². The van der Waals surface area contributed by atoms with Crippen molar-refractivity contribution >= 4 is 55.5 Å². The highest BCUT2D eigenvalue weighted by Gasteiger charge is 2.14. The fourth-order valence-electron chi connectivity index (χ4n) is 2.99. The minimum absolute atomic E-state index is 0.597. The molecule has 0 atom stereocenters. The van der Waals surface area contributed by atoms with Crippen LogP contribution in [0.5, 0.6) is 0 Å². The lowest BCUT2D eigenvalue weighted by Gasteiger charge is -2.09. The Morgan fingerprint density at radius 2 is 1.26 bits per heavy atom. The number of hydrogen-bond donors (Lipinski definition) is 0. The lowest BCUT2D eigenvalue weighted by molar-refractivity contribution is 1.36. The monoisotopic (exact) mass is 316 g/mol. The molecule has 2 aromatic carbocycles. The fraction of sp³-hybridized carbons (Fsp3) is 0. The molecule has 5 rings (SSSR count). The molecular formula is C18H9ClN4. The van der Waals surface area contributed by atoms with Crippen molar-refractivity contribution in [1.29, 1.82) is 0 Å². The zero-order valence-electron chi connectivity index (χ0n) is 11.9. The van der Waals surface area contributed by atoms with Gasteiger partial charge in [0.25, 0.3) is 0 Å². The smallest absolute Gasteiger partial charge is 0.108 e. The number of para-hydroxylation sites is 1. The van der Waals surface area contributed by atoms with E-state index in [1.54, 1.807) is 12.4 Å². The summed E-state index contributed by atoms with van der Waals surface area (Å²) in [5.74, 6) is 0. The number of hydrogen-bond acceptors (Lipinski definition) is 4. The molecule has 0 amide bonds. The van der Waals surface area contributed by atoms with Gasteiger partial charge in [-0.2, -0.15) is 0 Å². The van der Waals surface area contributed by atoms with Crippen LogP contribution in [0, 0.1) is 0 Å². The third-order valence-corrected chi connectivity index (χ3v) is 4.30. The third-order valence-electron chi connectivity index (χ3n) is 4.00. The maximum atomic E-state index is 6.30. The highest BCUT2D eigenvalue weighted by Crippen LogP contribution is 2.32. The van der Waals surface area contributed by atoms with Crippen LogP contribution in [0.15, 0.2) is 54.9 Å². The molecule has 0 saturated carbocycles. The van der Waals surface area contributed by atoms with Crippen LogP contribution in [0.4, 0.5) is 0 Å². The topological polar surface area (TPSA) is 51.6 Å². The predicted molar refractivity (Wildman–Crippen MR) is 92.7 cm³/mol. The number of pyridine rings is 2. The van der Waals surface area contributed by atoms with Crippen molar-refractivity contribution in [3.63, 3.8) is 0 Å². The van der Waals surface area contributed by atoms with Crippen LogP contribution < -0.4 is 0 Å². The van der Waals surface area contributed by atoms with E-state index in [0.717, 1.165) is 38.4 Å². The van der Waals surface area contributed by atoms with Gasteiger partial charge in [0.2, 0.25) is 0 Å². The van der Waals surface area contributed by atoms with Crippen LogP contribution in [0.1, 0.15) is 0 Å². The first-order valence-electron chi connectivity index (χ1n) is 7.20. The number of halogens is 1. The van der Waals surface area contributed by atoms with E-state index >= 15 is 0 Å². The molecule has 0 unspecified atom stereocenters. The Morgan fingerprint density at radius 1 is 0.609 bits per heavy atom. The lowest BCUT2D eigenvalue weighted by Crippen LogP contribution is -1.93. The van der Waals surface area contributed by atoms with Gasteiger partial charge < -0.3 is 0 Å². The summed E-state index contributed by atoms with van der Waals surface area (Å²) >= 11 is 6.30. The van der Waals surface area contributed by atoms with Crippen molar-refractivity contribution in [1.82, 2.24) is 19.9 Å². The Balaban J connectivity index is 2.16.